The highest BCUT2D eigenvalue weighted by Gasteiger charge is 2.11. The molecule has 3 N–H and O–H groups in total. The molecule has 1 aromatic carbocycles. The van der Waals surface area contributed by atoms with Gasteiger partial charge in [-0.25, -0.2) is 0 Å². The van der Waals surface area contributed by atoms with E-state index in [0.717, 1.165) is 10.4 Å². The summed E-state index contributed by atoms with van der Waals surface area (Å²) in [4.78, 5) is 13.6. The predicted octanol–water partition coefficient (Wildman–Crippen LogP) is 4.60. The minimum Gasteiger partial charge on any atom is -0.497 e. The van der Waals surface area contributed by atoms with Crippen molar-refractivity contribution in [3.63, 3.8) is 0 Å². The molecule has 0 aliphatic rings. The molecule has 124 valence electrons. The van der Waals surface area contributed by atoms with E-state index in [4.69, 9.17) is 10.5 Å². The second kappa shape index (κ2) is 8.17. The molecule has 0 fully saturated rings. The van der Waals surface area contributed by atoms with Crippen LogP contribution in [-0.2, 0) is 9.53 Å². The van der Waals surface area contributed by atoms with Crippen molar-refractivity contribution in [1.29, 1.82) is 0 Å². The van der Waals surface area contributed by atoms with E-state index in [2.05, 4.69) is 11.9 Å². The van der Waals surface area contributed by atoms with Gasteiger partial charge in [-0.3, -0.25) is 4.79 Å². The number of hydrogen-bond donors (Lipinski definition) is 2. The topological polar surface area (TPSA) is 64.3 Å². The number of nitrogens with two attached hydrogens (primary N) is 1. The highest BCUT2D eigenvalue weighted by Crippen LogP contribution is 2.30. The fraction of sp³-hybridized carbons (Fsp3) is 0.105. The molecule has 0 saturated carbocycles. The van der Waals surface area contributed by atoms with Crippen molar-refractivity contribution >= 4 is 28.6 Å². The van der Waals surface area contributed by atoms with Crippen molar-refractivity contribution in [3.05, 3.63) is 71.9 Å². The zero-order valence-corrected chi connectivity index (χ0v) is 14.5. The maximum atomic E-state index is 12.5. The van der Waals surface area contributed by atoms with Crippen LogP contribution in [0.5, 0.6) is 0 Å². The third-order valence-corrected chi connectivity index (χ3v) is 4.33. The Bertz CT molecular complexity index is 790. The maximum Gasteiger partial charge on any atom is 0.255 e. The lowest BCUT2D eigenvalue weighted by atomic mass is 10.1. The van der Waals surface area contributed by atoms with Crippen LogP contribution in [0.25, 0.3) is 10.4 Å². The van der Waals surface area contributed by atoms with Crippen LogP contribution < -0.4 is 11.1 Å². The van der Waals surface area contributed by atoms with E-state index < -0.39 is 0 Å². The number of ether oxygens (including phenoxy) is 1. The number of benzene rings is 1. The first-order chi connectivity index (χ1) is 11.6. The van der Waals surface area contributed by atoms with Crippen LogP contribution in [0.15, 0.2) is 71.9 Å². The lowest BCUT2D eigenvalue weighted by molar-refractivity contribution is -0.112. The predicted molar refractivity (Wildman–Crippen MR) is 102 cm³/mol. The summed E-state index contributed by atoms with van der Waals surface area (Å²) in [5.74, 6) is 0.289. The number of anilines is 2. The van der Waals surface area contributed by atoms with Gasteiger partial charge in [0.05, 0.1) is 18.5 Å². The minimum atomic E-state index is -0.295. The van der Waals surface area contributed by atoms with Crippen LogP contribution in [0, 0.1) is 0 Å². The summed E-state index contributed by atoms with van der Waals surface area (Å²) in [6.07, 6.45) is 4.88. The molecule has 4 nitrogen and oxygen atoms in total. The number of thiophene rings is 1. The summed E-state index contributed by atoms with van der Waals surface area (Å²) in [7, 11) is 1.55. The third-order valence-electron chi connectivity index (χ3n) is 3.41. The molecule has 1 heterocycles. The molecule has 0 atom stereocenters. The van der Waals surface area contributed by atoms with Gasteiger partial charge < -0.3 is 15.8 Å². The summed E-state index contributed by atoms with van der Waals surface area (Å²) < 4.78 is 5.16. The van der Waals surface area contributed by atoms with Crippen LogP contribution in [0.4, 0.5) is 11.4 Å². The molecule has 0 aliphatic heterocycles. The Morgan fingerprint density at radius 1 is 1.38 bits per heavy atom. The highest BCUT2D eigenvalue weighted by molar-refractivity contribution is 7.13. The number of carbonyl (C=O) groups is 1. The number of hydrogen-bond acceptors (Lipinski definition) is 4. The number of amides is 1. The van der Waals surface area contributed by atoms with Crippen LogP contribution in [-0.4, -0.2) is 13.0 Å². The number of rotatable bonds is 6. The van der Waals surface area contributed by atoms with Gasteiger partial charge in [0, 0.05) is 10.5 Å². The molecule has 1 amide bonds. The van der Waals surface area contributed by atoms with Crippen molar-refractivity contribution in [2.45, 2.75) is 6.92 Å². The molecule has 5 heteroatoms. The number of nitrogen functional groups attached to an aromatic ring is 1. The molecule has 2 rings (SSSR count). The van der Waals surface area contributed by atoms with E-state index in [-0.39, 0.29) is 5.91 Å². The summed E-state index contributed by atoms with van der Waals surface area (Å²) in [6.45, 7) is 5.51. The number of carbonyl (C=O) groups excluding carboxylic acids is 1. The molecule has 0 saturated heterocycles. The molecule has 24 heavy (non-hydrogen) atoms. The number of allylic oxidation sites excluding steroid dienone is 2. The van der Waals surface area contributed by atoms with Gasteiger partial charge in [0.15, 0.2) is 0 Å². The second-order valence-electron chi connectivity index (χ2n) is 4.93. The standard InChI is InChI=1S/C19H20N2O2S/c1-4-13(11-15(5-2)23-3)19(22)21-17-12-14(8-9-16(17)20)18-7-6-10-24-18/h4-12H,1,20H2,2-3H3,(H,21,22)/b13-11+,15-5+. The van der Waals surface area contributed by atoms with Gasteiger partial charge in [-0.15, -0.1) is 11.3 Å². The molecular formula is C19H20N2O2S. The average Bonchev–Trinajstić information content (AvgIpc) is 3.12. The monoisotopic (exact) mass is 340 g/mol. The van der Waals surface area contributed by atoms with Gasteiger partial charge in [-0.2, -0.15) is 0 Å². The number of methoxy groups -OCH3 is 1. The first-order valence-corrected chi connectivity index (χ1v) is 8.26. The lowest BCUT2D eigenvalue weighted by Crippen LogP contribution is -2.14. The zero-order chi connectivity index (χ0) is 17.5. The van der Waals surface area contributed by atoms with E-state index in [1.165, 1.54) is 6.08 Å². The second-order valence-corrected chi connectivity index (χ2v) is 5.88. The first-order valence-electron chi connectivity index (χ1n) is 7.38. The van der Waals surface area contributed by atoms with Crippen molar-refractivity contribution in [2.24, 2.45) is 0 Å². The Morgan fingerprint density at radius 3 is 2.75 bits per heavy atom. The molecular weight excluding hydrogens is 320 g/mol. The van der Waals surface area contributed by atoms with E-state index in [9.17, 15) is 4.79 Å². The molecule has 0 spiro atoms. The molecule has 1 aromatic heterocycles. The van der Waals surface area contributed by atoms with Gasteiger partial charge in [0.25, 0.3) is 5.91 Å². The van der Waals surface area contributed by atoms with E-state index in [1.807, 2.05) is 36.6 Å². The summed E-state index contributed by atoms with van der Waals surface area (Å²) in [5.41, 5.74) is 8.46. The van der Waals surface area contributed by atoms with Gasteiger partial charge in [-0.1, -0.05) is 24.8 Å². The molecule has 2 aromatic rings. The normalized spacial score (nSPS) is 11.9. The van der Waals surface area contributed by atoms with Gasteiger partial charge >= 0.3 is 0 Å². The first kappa shape index (κ1) is 17.6. The van der Waals surface area contributed by atoms with Crippen LogP contribution >= 0.6 is 11.3 Å². The van der Waals surface area contributed by atoms with Crippen LogP contribution in [0.3, 0.4) is 0 Å². The molecule has 0 unspecified atom stereocenters. The van der Waals surface area contributed by atoms with E-state index in [0.29, 0.717) is 22.7 Å². The average molecular weight is 340 g/mol. The third kappa shape index (κ3) is 4.14. The largest absolute Gasteiger partial charge is 0.497 e. The maximum absolute atomic E-state index is 12.5. The van der Waals surface area contributed by atoms with E-state index in [1.54, 1.807) is 36.7 Å². The fourth-order valence-electron chi connectivity index (χ4n) is 2.09. The van der Waals surface area contributed by atoms with Gasteiger partial charge in [0.2, 0.25) is 0 Å². The van der Waals surface area contributed by atoms with Crippen molar-refractivity contribution < 1.29 is 9.53 Å². The van der Waals surface area contributed by atoms with Gasteiger partial charge in [0.1, 0.15) is 5.76 Å². The summed E-state index contributed by atoms with van der Waals surface area (Å²) >= 11 is 1.63. The number of nitrogens with one attached hydrogen (secondary N) is 1. The Kier molecular flexibility index (Phi) is 5.98. The molecule has 0 bridgehead atoms. The Morgan fingerprint density at radius 2 is 2.17 bits per heavy atom. The SMILES string of the molecule is C=C/C(=C\C(=C/C)OC)C(=O)Nc1cc(-c2cccs2)ccc1N. The fourth-order valence-corrected chi connectivity index (χ4v) is 2.81. The Labute approximate surface area is 146 Å². The van der Waals surface area contributed by atoms with E-state index >= 15 is 0 Å². The zero-order valence-electron chi connectivity index (χ0n) is 13.7. The van der Waals surface area contributed by atoms with Crippen LogP contribution in [0.2, 0.25) is 0 Å². The Balaban J connectivity index is 2.28. The smallest absolute Gasteiger partial charge is 0.255 e. The van der Waals surface area contributed by atoms with Crippen molar-refractivity contribution in [2.75, 3.05) is 18.2 Å². The van der Waals surface area contributed by atoms with Crippen molar-refractivity contribution in [3.8, 4) is 10.4 Å². The minimum absolute atomic E-state index is 0.295. The lowest BCUT2D eigenvalue weighted by Gasteiger charge is -2.11. The highest BCUT2D eigenvalue weighted by atomic mass is 32.1. The quantitative estimate of drug-likeness (QED) is 0.350. The molecule has 0 radical (unpaired) electrons. The van der Waals surface area contributed by atoms with Crippen molar-refractivity contribution in [1.82, 2.24) is 0 Å². The summed E-state index contributed by atoms with van der Waals surface area (Å²) in [5, 5.41) is 4.84. The Hall–Kier alpha value is -2.79. The van der Waals surface area contributed by atoms with Crippen LogP contribution in [0.1, 0.15) is 6.92 Å². The molecule has 0 aliphatic carbocycles. The summed E-state index contributed by atoms with van der Waals surface area (Å²) in [6, 6.07) is 9.59. The van der Waals surface area contributed by atoms with Gasteiger partial charge in [-0.05, 0) is 48.2 Å².